The van der Waals surface area contributed by atoms with Crippen molar-refractivity contribution >= 4 is 17.7 Å². The van der Waals surface area contributed by atoms with E-state index in [1.54, 1.807) is 30.3 Å². The quantitative estimate of drug-likeness (QED) is 0.657. The van der Waals surface area contributed by atoms with E-state index in [2.05, 4.69) is 11.6 Å². The molecular weight excluding hydrogens is 260 g/mol. The Balaban J connectivity index is 2.80. The molecule has 0 aliphatic heterocycles. The van der Waals surface area contributed by atoms with Crippen molar-refractivity contribution in [1.29, 1.82) is 0 Å². The van der Waals surface area contributed by atoms with Gasteiger partial charge in [0, 0.05) is 0 Å². The molecule has 0 spiro atoms. The Kier molecular flexibility index (Phi) is 4.16. The summed E-state index contributed by atoms with van der Waals surface area (Å²) in [7, 11) is 0. The molecule has 1 aromatic rings. The molecule has 1 nitrogen and oxygen atoms in total. The summed E-state index contributed by atoms with van der Waals surface area (Å²) in [5, 5.41) is 4.88. The number of aliphatic hydroxyl groups is 1. The van der Waals surface area contributed by atoms with Gasteiger partial charge in [0.1, 0.15) is 6.10 Å². The third-order valence-electron chi connectivity index (χ3n) is 2.02. The molecule has 0 fully saturated rings. The Bertz CT molecular complexity index is 386. The van der Waals surface area contributed by atoms with E-state index in [0.29, 0.717) is 11.6 Å². The van der Waals surface area contributed by atoms with E-state index in [1.165, 1.54) is 0 Å². The van der Waals surface area contributed by atoms with Gasteiger partial charge < -0.3 is 5.11 Å². The summed E-state index contributed by atoms with van der Waals surface area (Å²) in [5.41, 5.74) is 0.529. The molecule has 2 atom stereocenters. The molecule has 17 heavy (non-hydrogen) atoms. The number of aliphatic hydroxyl groups excluding tert-OH is 1. The predicted octanol–water partition coefficient (Wildman–Crippen LogP) is 3.53. The van der Waals surface area contributed by atoms with Crippen molar-refractivity contribution in [3.05, 3.63) is 42.0 Å². The zero-order valence-electron chi connectivity index (χ0n) is 8.46. The first-order valence-corrected chi connectivity index (χ1v) is 4.99. The van der Waals surface area contributed by atoms with Gasteiger partial charge >= 0.3 is 11.3 Å². The Morgan fingerprint density at radius 1 is 1.12 bits per heavy atom. The Morgan fingerprint density at radius 3 is 2.12 bits per heavy atom. The lowest BCUT2D eigenvalue weighted by Crippen LogP contribution is -2.45. The molecule has 0 saturated heterocycles. The van der Waals surface area contributed by atoms with Gasteiger partial charge in [0.25, 0.3) is 0 Å². The molecule has 0 saturated carbocycles. The SMILES string of the molecule is OC(/C=C/c1ccccc1)C(F)(Cl)C(F)(F)F. The van der Waals surface area contributed by atoms with Crippen LogP contribution in [0.4, 0.5) is 17.6 Å². The van der Waals surface area contributed by atoms with Crippen LogP contribution >= 0.6 is 11.6 Å². The molecule has 0 amide bonds. The van der Waals surface area contributed by atoms with Crippen LogP contribution in [0.15, 0.2) is 36.4 Å². The van der Waals surface area contributed by atoms with Crippen molar-refractivity contribution < 1.29 is 22.7 Å². The maximum absolute atomic E-state index is 13.0. The first-order valence-electron chi connectivity index (χ1n) is 4.61. The predicted molar refractivity (Wildman–Crippen MR) is 57.2 cm³/mol. The zero-order valence-corrected chi connectivity index (χ0v) is 9.21. The summed E-state index contributed by atoms with van der Waals surface area (Å²) >= 11 is 4.64. The van der Waals surface area contributed by atoms with E-state index in [4.69, 9.17) is 5.11 Å². The number of hydrogen-bond donors (Lipinski definition) is 1. The van der Waals surface area contributed by atoms with Crippen molar-refractivity contribution in [2.24, 2.45) is 0 Å². The van der Waals surface area contributed by atoms with Gasteiger partial charge in [-0.15, -0.1) is 0 Å². The molecule has 94 valence electrons. The molecule has 0 heterocycles. The fraction of sp³-hybridized carbons (Fsp3) is 0.273. The summed E-state index contributed by atoms with van der Waals surface area (Å²) in [4.78, 5) is 0. The van der Waals surface area contributed by atoms with Gasteiger partial charge in [-0.2, -0.15) is 13.2 Å². The molecule has 6 heteroatoms. The number of rotatable bonds is 3. The van der Waals surface area contributed by atoms with Crippen LogP contribution in [0, 0.1) is 0 Å². The van der Waals surface area contributed by atoms with Crippen LogP contribution in [0.25, 0.3) is 6.08 Å². The fourth-order valence-corrected chi connectivity index (χ4v) is 1.13. The number of benzene rings is 1. The van der Waals surface area contributed by atoms with Crippen LogP contribution in [0.5, 0.6) is 0 Å². The van der Waals surface area contributed by atoms with E-state index < -0.39 is 17.4 Å². The Hall–Kier alpha value is -1.07. The minimum atomic E-state index is -5.34. The third-order valence-corrected chi connectivity index (χ3v) is 2.46. The minimum absolute atomic E-state index is 0.529. The van der Waals surface area contributed by atoms with Crippen LogP contribution in [-0.4, -0.2) is 22.5 Å². The van der Waals surface area contributed by atoms with Gasteiger partial charge in [-0.3, -0.25) is 0 Å². The van der Waals surface area contributed by atoms with Crippen molar-refractivity contribution in [1.82, 2.24) is 0 Å². The van der Waals surface area contributed by atoms with Crippen molar-refractivity contribution in [3.63, 3.8) is 0 Å². The highest BCUT2D eigenvalue weighted by molar-refractivity contribution is 6.24. The summed E-state index contributed by atoms with van der Waals surface area (Å²) in [5.74, 6) is 0. The highest BCUT2D eigenvalue weighted by Gasteiger charge is 2.59. The second kappa shape index (κ2) is 5.06. The molecule has 1 aromatic carbocycles. The molecule has 0 radical (unpaired) electrons. The van der Waals surface area contributed by atoms with Crippen LogP contribution in [0.2, 0.25) is 0 Å². The van der Waals surface area contributed by atoms with Gasteiger partial charge in [0.2, 0.25) is 0 Å². The van der Waals surface area contributed by atoms with Crippen LogP contribution in [0.1, 0.15) is 5.56 Å². The molecule has 0 aromatic heterocycles. The first-order chi connectivity index (χ1) is 7.75. The van der Waals surface area contributed by atoms with Crippen molar-refractivity contribution in [3.8, 4) is 0 Å². The lowest BCUT2D eigenvalue weighted by molar-refractivity contribution is -0.218. The lowest BCUT2D eigenvalue weighted by Gasteiger charge is -2.24. The molecule has 1 rings (SSSR count). The van der Waals surface area contributed by atoms with Crippen molar-refractivity contribution in [2.75, 3.05) is 0 Å². The summed E-state index contributed by atoms with van der Waals surface area (Å²) in [6.45, 7) is 0. The highest BCUT2D eigenvalue weighted by Crippen LogP contribution is 2.40. The average molecular weight is 269 g/mol. The minimum Gasteiger partial charge on any atom is -0.384 e. The Morgan fingerprint density at radius 2 is 1.65 bits per heavy atom. The van der Waals surface area contributed by atoms with E-state index in [0.717, 1.165) is 6.08 Å². The smallest absolute Gasteiger partial charge is 0.384 e. The molecule has 2 unspecified atom stereocenters. The van der Waals surface area contributed by atoms with Gasteiger partial charge in [0.05, 0.1) is 0 Å². The maximum Gasteiger partial charge on any atom is 0.439 e. The second-order valence-corrected chi connectivity index (χ2v) is 3.89. The van der Waals surface area contributed by atoms with Crippen LogP contribution in [0.3, 0.4) is 0 Å². The number of halogens is 5. The van der Waals surface area contributed by atoms with Gasteiger partial charge in [0.15, 0.2) is 0 Å². The van der Waals surface area contributed by atoms with Crippen molar-refractivity contribution in [2.45, 2.75) is 17.4 Å². The van der Waals surface area contributed by atoms with Crippen LogP contribution in [-0.2, 0) is 0 Å². The van der Waals surface area contributed by atoms with E-state index in [1.807, 2.05) is 0 Å². The third kappa shape index (κ3) is 3.44. The Labute approximate surface area is 100 Å². The topological polar surface area (TPSA) is 20.2 Å². The molecular formula is C11H9ClF4O. The van der Waals surface area contributed by atoms with E-state index in [9.17, 15) is 17.6 Å². The average Bonchev–Trinajstić information content (AvgIpc) is 2.25. The standard InChI is InChI=1S/C11H9ClF4O/c12-10(13,11(14,15)16)9(17)7-6-8-4-2-1-3-5-8/h1-7,9,17H/b7-6+. The summed E-state index contributed by atoms with van der Waals surface area (Å²) < 4.78 is 49.4. The molecule has 0 bridgehead atoms. The van der Waals surface area contributed by atoms with Gasteiger partial charge in [-0.05, 0) is 5.56 Å². The van der Waals surface area contributed by atoms with Gasteiger partial charge in [-0.1, -0.05) is 54.1 Å². The summed E-state index contributed by atoms with van der Waals surface area (Å²) in [6, 6.07) is 8.19. The van der Waals surface area contributed by atoms with Crippen LogP contribution < -0.4 is 0 Å². The monoisotopic (exact) mass is 268 g/mol. The number of alkyl halides is 5. The van der Waals surface area contributed by atoms with E-state index >= 15 is 0 Å². The first kappa shape index (κ1) is 14.0. The summed E-state index contributed by atoms with van der Waals surface area (Å²) in [6.07, 6.45) is -5.98. The number of hydrogen-bond acceptors (Lipinski definition) is 1. The normalized spacial score (nSPS) is 18.0. The molecule has 0 aliphatic carbocycles. The molecule has 0 aliphatic rings. The highest BCUT2D eigenvalue weighted by atomic mass is 35.5. The maximum atomic E-state index is 13.0. The fourth-order valence-electron chi connectivity index (χ4n) is 1.05. The largest absolute Gasteiger partial charge is 0.439 e. The van der Waals surface area contributed by atoms with E-state index in [-0.39, 0.29) is 0 Å². The van der Waals surface area contributed by atoms with Gasteiger partial charge in [-0.25, -0.2) is 4.39 Å². The lowest BCUT2D eigenvalue weighted by atomic mass is 10.1. The second-order valence-electron chi connectivity index (χ2n) is 3.34. The molecule has 1 N–H and O–H groups in total. The zero-order chi connectivity index (χ0) is 13.1.